The molecular formula is C25H37N5O2. The average Bonchev–Trinajstić information content (AvgIpc) is 3.14. The van der Waals surface area contributed by atoms with Crippen molar-refractivity contribution >= 4 is 5.91 Å². The van der Waals surface area contributed by atoms with Gasteiger partial charge in [-0.3, -0.25) is 14.3 Å². The first-order valence-corrected chi connectivity index (χ1v) is 12.2. The molecule has 3 heterocycles. The number of nitrogens with zero attached hydrogens (tertiary/aromatic N) is 5. The molecule has 1 amide bonds. The summed E-state index contributed by atoms with van der Waals surface area (Å²) in [5.74, 6) is 2.15. The van der Waals surface area contributed by atoms with E-state index in [0.29, 0.717) is 13.1 Å². The highest BCUT2D eigenvalue weighted by Gasteiger charge is 2.32. The second kappa shape index (κ2) is 10.0. The van der Waals surface area contributed by atoms with Crippen molar-refractivity contribution in [3.63, 3.8) is 0 Å². The lowest BCUT2D eigenvalue weighted by Gasteiger charge is -2.38. The van der Waals surface area contributed by atoms with Crippen LogP contribution in [0.2, 0.25) is 0 Å². The van der Waals surface area contributed by atoms with E-state index in [9.17, 15) is 9.59 Å². The molecule has 1 unspecified atom stereocenters. The summed E-state index contributed by atoms with van der Waals surface area (Å²) in [6.45, 7) is 11.0. The Morgan fingerprint density at radius 1 is 1.06 bits per heavy atom. The number of benzene rings is 1. The smallest absolute Gasteiger partial charge is 0.341 e. The topological polar surface area (TPSA) is 63.4 Å². The Hall–Kier alpha value is -2.41. The van der Waals surface area contributed by atoms with Gasteiger partial charge in [0.05, 0.1) is 12.6 Å². The largest absolute Gasteiger partial charge is 0.346 e. The van der Waals surface area contributed by atoms with Crippen molar-refractivity contribution in [3.8, 4) is 0 Å². The van der Waals surface area contributed by atoms with Crippen LogP contribution in [0.5, 0.6) is 0 Å². The van der Waals surface area contributed by atoms with Gasteiger partial charge in [-0.2, -0.15) is 5.10 Å². The van der Waals surface area contributed by atoms with Crippen LogP contribution in [-0.4, -0.2) is 62.3 Å². The van der Waals surface area contributed by atoms with Crippen LogP contribution in [0.25, 0.3) is 0 Å². The summed E-state index contributed by atoms with van der Waals surface area (Å²) < 4.78 is 3.43. The molecule has 0 saturated carbocycles. The van der Waals surface area contributed by atoms with Gasteiger partial charge in [-0.15, -0.1) is 0 Å². The second-order valence-corrected chi connectivity index (χ2v) is 9.52. The predicted molar refractivity (Wildman–Crippen MR) is 126 cm³/mol. The summed E-state index contributed by atoms with van der Waals surface area (Å²) in [7, 11) is 0. The van der Waals surface area contributed by atoms with Crippen molar-refractivity contribution in [2.24, 2.45) is 5.92 Å². The maximum absolute atomic E-state index is 13.0. The van der Waals surface area contributed by atoms with Gasteiger partial charge in [0.2, 0.25) is 5.91 Å². The fraction of sp³-hybridized carbons (Fsp3) is 0.640. The summed E-state index contributed by atoms with van der Waals surface area (Å²) in [6, 6.07) is 9.93. The molecule has 0 spiro atoms. The highest BCUT2D eigenvalue weighted by molar-refractivity contribution is 5.81. The Bertz CT molecular complexity index is 950. The Kier molecular flexibility index (Phi) is 7.13. The fourth-order valence-electron chi connectivity index (χ4n) is 5.11. The van der Waals surface area contributed by atoms with Crippen molar-refractivity contribution in [2.45, 2.75) is 71.5 Å². The summed E-state index contributed by atoms with van der Waals surface area (Å²) in [6.07, 6.45) is 4.08. The molecule has 2 fully saturated rings. The molecule has 32 heavy (non-hydrogen) atoms. The second-order valence-electron chi connectivity index (χ2n) is 9.52. The zero-order valence-electron chi connectivity index (χ0n) is 19.7. The van der Waals surface area contributed by atoms with Gasteiger partial charge >= 0.3 is 5.69 Å². The number of hydrogen-bond acceptors (Lipinski definition) is 4. The third kappa shape index (κ3) is 4.82. The lowest BCUT2D eigenvalue weighted by atomic mass is 9.94. The summed E-state index contributed by atoms with van der Waals surface area (Å²) in [5.41, 5.74) is 1.05. The Morgan fingerprint density at radius 2 is 1.72 bits per heavy atom. The van der Waals surface area contributed by atoms with Crippen LogP contribution >= 0.6 is 0 Å². The number of carbonyl (C=O) groups excluding carboxylic acids is 1. The van der Waals surface area contributed by atoms with Gasteiger partial charge in [-0.25, -0.2) is 9.48 Å². The molecule has 1 aromatic heterocycles. The number of hydrogen-bond donors (Lipinski definition) is 0. The molecule has 2 saturated heterocycles. The van der Waals surface area contributed by atoms with Crippen LogP contribution in [-0.2, 0) is 17.9 Å². The normalized spacial score (nSPS) is 19.9. The van der Waals surface area contributed by atoms with Gasteiger partial charge < -0.3 is 4.90 Å². The predicted octanol–water partition coefficient (Wildman–Crippen LogP) is 2.94. The molecule has 0 aliphatic carbocycles. The number of piperidine rings is 2. The third-order valence-electron chi connectivity index (χ3n) is 7.34. The highest BCUT2D eigenvalue weighted by Crippen LogP contribution is 2.28. The van der Waals surface area contributed by atoms with Gasteiger partial charge in [0, 0.05) is 25.6 Å². The quantitative estimate of drug-likeness (QED) is 0.694. The van der Waals surface area contributed by atoms with Crippen molar-refractivity contribution in [3.05, 3.63) is 52.2 Å². The van der Waals surface area contributed by atoms with Gasteiger partial charge in [-0.1, -0.05) is 37.3 Å². The Balaban J connectivity index is 1.40. The molecule has 1 aromatic carbocycles. The van der Waals surface area contributed by atoms with Gasteiger partial charge in [0.25, 0.3) is 0 Å². The summed E-state index contributed by atoms with van der Waals surface area (Å²) >= 11 is 0. The van der Waals surface area contributed by atoms with E-state index in [2.05, 4.69) is 23.6 Å². The first-order chi connectivity index (χ1) is 15.5. The standard InChI is InChI=1S/C25H37N5O2/c1-4-29-23(26-30(25(29)32)18-21-8-6-5-7-9-21)22-12-16-27(17-13-22)20(3)24(31)28-14-10-19(2)11-15-28/h5-9,19-20,22H,4,10-18H2,1-3H3. The molecule has 2 aliphatic heterocycles. The fourth-order valence-corrected chi connectivity index (χ4v) is 5.11. The van der Waals surface area contributed by atoms with Crippen molar-refractivity contribution in [1.82, 2.24) is 24.1 Å². The molecule has 0 N–H and O–H groups in total. The lowest BCUT2D eigenvalue weighted by Crippen LogP contribution is -2.51. The zero-order valence-corrected chi connectivity index (χ0v) is 19.7. The van der Waals surface area contributed by atoms with Crippen LogP contribution in [0.3, 0.4) is 0 Å². The molecule has 0 bridgehead atoms. The minimum Gasteiger partial charge on any atom is -0.341 e. The van der Waals surface area contributed by atoms with Crippen LogP contribution < -0.4 is 5.69 Å². The Labute approximate surface area is 191 Å². The van der Waals surface area contributed by atoms with Crippen molar-refractivity contribution in [1.29, 1.82) is 0 Å². The van der Waals surface area contributed by atoms with E-state index >= 15 is 0 Å². The molecule has 7 nitrogen and oxygen atoms in total. The molecule has 1 atom stereocenters. The molecule has 0 radical (unpaired) electrons. The van der Waals surface area contributed by atoms with E-state index < -0.39 is 0 Å². The lowest BCUT2D eigenvalue weighted by molar-refractivity contribution is -0.138. The first-order valence-electron chi connectivity index (χ1n) is 12.2. The van der Waals surface area contributed by atoms with Crippen molar-refractivity contribution in [2.75, 3.05) is 26.2 Å². The van der Waals surface area contributed by atoms with Crippen LogP contribution in [0.1, 0.15) is 63.8 Å². The van der Waals surface area contributed by atoms with Crippen LogP contribution in [0, 0.1) is 5.92 Å². The molecule has 2 aromatic rings. The minimum absolute atomic E-state index is 0.0309. The number of carbonyl (C=O) groups is 1. The number of likely N-dealkylation sites (tertiary alicyclic amines) is 2. The number of rotatable bonds is 6. The zero-order chi connectivity index (χ0) is 22.7. The van der Waals surface area contributed by atoms with Gasteiger partial charge in [0.1, 0.15) is 5.82 Å². The molecule has 174 valence electrons. The van der Waals surface area contributed by atoms with Crippen molar-refractivity contribution < 1.29 is 4.79 Å². The van der Waals surface area contributed by atoms with Crippen LogP contribution in [0.15, 0.2) is 35.1 Å². The maximum atomic E-state index is 13.0. The monoisotopic (exact) mass is 439 g/mol. The van der Waals surface area contributed by atoms with E-state index in [0.717, 1.165) is 69.2 Å². The summed E-state index contributed by atoms with van der Waals surface area (Å²) in [5, 5.41) is 4.76. The molecule has 7 heteroatoms. The number of amides is 1. The van der Waals surface area contributed by atoms with E-state index in [1.807, 2.05) is 41.8 Å². The third-order valence-corrected chi connectivity index (χ3v) is 7.34. The number of aromatic nitrogens is 3. The first kappa shape index (κ1) is 22.8. The van der Waals surface area contributed by atoms with E-state index in [4.69, 9.17) is 5.10 Å². The summed E-state index contributed by atoms with van der Waals surface area (Å²) in [4.78, 5) is 30.3. The molecular weight excluding hydrogens is 402 g/mol. The van der Waals surface area contributed by atoms with E-state index in [1.54, 1.807) is 4.68 Å². The average molecular weight is 440 g/mol. The SMILES string of the molecule is CCn1c(C2CCN(C(C)C(=O)N3CCC(C)CC3)CC2)nn(Cc2ccccc2)c1=O. The van der Waals surface area contributed by atoms with E-state index in [1.165, 1.54) is 0 Å². The minimum atomic E-state index is -0.0756. The maximum Gasteiger partial charge on any atom is 0.346 e. The highest BCUT2D eigenvalue weighted by atomic mass is 16.2. The van der Waals surface area contributed by atoms with Gasteiger partial charge in [0.15, 0.2) is 0 Å². The van der Waals surface area contributed by atoms with Gasteiger partial charge in [-0.05, 0) is 64.1 Å². The Morgan fingerprint density at radius 3 is 2.34 bits per heavy atom. The molecule has 2 aliphatic rings. The van der Waals surface area contributed by atoms with Crippen LogP contribution in [0.4, 0.5) is 0 Å². The molecule has 4 rings (SSSR count). The van der Waals surface area contributed by atoms with E-state index in [-0.39, 0.29) is 23.6 Å².